The molecule has 1 amide bonds. The fourth-order valence-corrected chi connectivity index (χ4v) is 2.41. The molecule has 0 spiro atoms. The standard InChI is InChI=1S/C14H17N3O2/c18-8-7-17(10-5-6-10)14(19)9-13-11-3-1-2-4-12(11)15-16-13/h1-4,10,18H,5-9H2,(H,15,16). The van der Waals surface area contributed by atoms with Gasteiger partial charge < -0.3 is 10.0 Å². The van der Waals surface area contributed by atoms with Crippen LogP contribution in [0.25, 0.3) is 10.9 Å². The fourth-order valence-electron chi connectivity index (χ4n) is 2.41. The van der Waals surface area contributed by atoms with E-state index in [1.54, 1.807) is 4.90 Å². The highest BCUT2D eigenvalue weighted by Gasteiger charge is 2.32. The van der Waals surface area contributed by atoms with Gasteiger partial charge in [0.25, 0.3) is 0 Å². The van der Waals surface area contributed by atoms with Crippen LogP contribution in [0.1, 0.15) is 18.5 Å². The van der Waals surface area contributed by atoms with Gasteiger partial charge in [0, 0.05) is 18.0 Å². The van der Waals surface area contributed by atoms with Crippen LogP contribution >= 0.6 is 0 Å². The number of carbonyl (C=O) groups is 1. The monoisotopic (exact) mass is 259 g/mol. The zero-order valence-electron chi connectivity index (χ0n) is 10.7. The first kappa shape index (κ1) is 12.2. The summed E-state index contributed by atoms with van der Waals surface area (Å²) in [4.78, 5) is 14.1. The number of hydrogen-bond donors (Lipinski definition) is 2. The van der Waals surface area contributed by atoms with Crippen LogP contribution < -0.4 is 0 Å². The maximum absolute atomic E-state index is 12.3. The second kappa shape index (κ2) is 5.01. The van der Waals surface area contributed by atoms with E-state index in [1.165, 1.54) is 0 Å². The van der Waals surface area contributed by atoms with Crippen LogP contribution in [0.3, 0.4) is 0 Å². The van der Waals surface area contributed by atoms with Crippen LogP contribution in [0.2, 0.25) is 0 Å². The minimum absolute atomic E-state index is 0.0198. The molecular formula is C14H17N3O2. The number of carbonyl (C=O) groups excluding carboxylic acids is 1. The van der Waals surface area contributed by atoms with E-state index in [2.05, 4.69) is 10.2 Å². The number of para-hydroxylation sites is 1. The molecule has 5 nitrogen and oxygen atoms in total. The zero-order valence-corrected chi connectivity index (χ0v) is 10.7. The van der Waals surface area contributed by atoms with Crippen molar-refractivity contribution in [2.75, 3.05) is 13.2 Å². The van der Waals surface area contributed by atoms with Crippen LogP contribution in [0.15, 0.2) is 24.3 Å². The second-order valence-corrected chi connectivity index (χ2v) is 4.94. The van der Waals surface area contributed by atoms with E-state index in [9.17, 15) is 4.79 Å². The predicted octanol–water partition coefficient (Wildman–Crippen LogP) is 1.09. The number of aliphatic hydroxyl groups is 1. The molecule has 1 aromatic heterocycles. The number of fused-ring (bicyclic) bond motifs is 1. The van der Waals surface area contributed by atoms with Crippen molar-refractivity contribution in [2.45, 2.75) is 25.3 Å². The summed E-state index contributed by atoms with van der Waals surface area (Å²) in [6.45, 7) is 0.446. The normalized spacial score (nSPS) is 14.8. The second-order valence-electron chi connectivity index (χ2n) is 4.94. The molecule has 1 saturated carbocycles. The third-order valence-corrected chi connectivity index (χ3v) is 3.52. The van der Waals surface area contributed by atoms with Gasteiger partial charge in [0.15, 0.2) is 0 Å². The van der Waals surface area contributed by atoms with Crippen molar-refractivity contribution in [3.63, 3.8) is 0 Å². The highest BCUT2D eigenvalue weighted by atomic mass is 16.3. The molecule has 0 bridgehead atoms. The van der Waals surface area contributed by atoms with Crippen molar-refractivity contribution in [3.8, 4) is 0 Å². The van der Waals surface area contributed by atoms with E-state index < -0.39 is 0 Å². The number of amides is 1. The number of hydrogen-bond acceptors (Lipinski definition) is 3. The molecule has 100 valence electrons. The topological polar surface area (TPSA) is 69.2 Å². The number of aromatic amines is 1. The molecule has 1 heterocycles. The van der Waals surface area contributed by atoms with Crippen LogP contribution in [-0.2, 0) is 11.2 Å². The first-order valence-corrected chi connectivity index (χ1v) is 6.62. The third kappa shape index (κ3) is 2.46. The van der Waals surface area contributed by atoms with E-state index in [0.29, 0.717) is 19.0 Å². The summed E-state index contributed by atoms with van der Waals surface area (Å²) < 4.78 is 0. The number of nitrogens with zero attached hydrogens (tertiary/aromatic N) is 2. The van der Waals surface area contributed by atoms with E-state index >= 15 is 0 Å². The van der Waals surface area contributed by atoms with Crippen molar-refractivity contribution in [3.05, 3.63) is 30.0 Å². The molecule has 0 unspecified atom stereocenters. The first-order valence-electron chi connectivity index (χ1n) is 6.62. The molecule has 0 atom stereocenters. The number of benzene rings is 1. The predicted molar refractivity (Wildman–Crippen MR) is 71.6 cm³/mol. The average Bonchev–Trinajstić information content (AvgIpc) is 3.19. The molecular weight excluding hydrogens is 242 g/mol. The Balaban J connectivity index is 1.78. The van der Waals surface area contributed by atoms with Crippen LogP contribution in [0, 0.1) is 0 Å². The molecule has 1 aliphatic carbocycles. The van der Waals surface area contributed by atoms with Crippen LogP contribution in [-0.4, -0.2) is 45.3 Å². The number of aliphatic hydroxyl groups excluding tert-OH is 1. The fraction of sp³-hybridized carbons (Fsp3) is 0.429. The third-order valence-electron chi connectivity index (χ3n) is 3.52. The van der Waals surface area contributed by atoms with Crippen molar-refractivity contribution in [1.82, 2.24) is 15.1 Å². The highest BCUT2D eigenvalue weighted by Crippen LogP contribution is 2.27. The van der Waals surface area contributed by atoms with Crippen molar-refractivity contribution in [2.24, 2.45) is 0 Å². The summed E-state index contributed by atoms with van der Waals surface area (Å²) in [6.07, 6.45) is 2.42. The largest absolute Gasteiger partial charge is 0.395 e. The Labute approximate surface area is 111 Å². The van der Waals surface area contributed by atoms with Gasteiger partial charge in [-0.05, 0) is 18.9 Å². The first-order chi connectivity index (χ1) is 9.29. The zero-order chi connectivity index (χ0) is 13.2. The highest BCUT2D eigenvalue weighted by molar-refractivity contribution is 5.87. The molecule has 0 radical (unpaired) electrons. The molecule has 0 aliphatic heterocycles. The van der Waals surface area contributed by atoms with E-state index in [1.807, 2.05) is 24.3 Å². The number of nitrogens with one attached hydrogen (secondary N) is 1. The molecule has 1 aliphatic rings. The number of H-pyrrole nitrogens is 1. The SMILES string of the molecule is O=C(Cc1[nH]nc2ccccc12)N(CCO)C1CC1. The van der Waals surface area contributed by atoms with Crippen molar-refractivity contribution < 1.29 is 9.90 Å². The molecule has 19 heavy (non-hydrogen) atoms. The van der Waals surface area contributed by atoms with Gasteiger partial charge in [-0.25, -0.2) is 0 Å². The molecule has 2 aromatic rings. The lowest BCUT2D eigenvalue weighted by Gasteiger charge is -2.21. The summed E-state index contributed by atoms with van der Waals surface area (Å²) >= 11 is 0. The summed E-state index contributed by atoms with van der Waals surface area (Å²) in [5.41, 5.74) is 1.73. The van der Waals surface area contributed by atoms with Crippen molar-refractivity contribution in [1.29, 1.82) is 0 Å². The van der Waals surface area contributed by atoms with Gasteiger partial charge in [-0.1, -0.05) is 18.2 Å². The molecule has 2 N–H and O–H groups in total. The Kier molecular flexibility index (Phi) is 3.21. The Bertz CT molecular complexity index is 589. The molecule has 3 rings (SSSR count). The summed E-state index contributed by atoms with van der Waals surface area (Å²) in [7, 11) is 0. The van der Waals surface area contributed by atoms with Gasteiger partial charge in [-0.15, -0.1) is 0 Å². The lowest BCUT2D eigenvalue weighted by atomic mass is 10.1. The minimum Gasteiger partial charge on any atom is -0.395 e. The van der Waals surface area contributed by atoms with E-state index in [4.69, 9.17) is 5.11 Å². The van der Waals surface area contributed by atoms with Crippen LogP contribution in [0.4, 0.5) is 0 Å². The Morgan fingerprint density at radius 3 is 2.95 bits per heavy atom. The summed E-state index contributed by atoms with van der Waals surface area (Å²) in [5, 5.41) is 17.2. The molecule has 5 heteroatoms. The molecule has 1 fully saturated rings. The quantitative estimate of drug-likeness (QED) is 0.844. The molecule has 1 aromatic carbocycles. The van der Waals surface area contributed by atoms with Crippen molar-refractivity contribution >= 4 is 16.8 Å². The summed E-state index contributed by atoms with van der Waals surface area (Å²) in [5.74, 6) is 0.0611. The lowest BCUT2D eigenvalue weighted by Crippen LogP contribution is -2.36. The lowest BCUT2D eigenvalue weighted by molar-refractivity contribution is -0.131. The maximum atomic E-state index is 12.3. The number of rotatable bonds is 5. The van der Waals surface area contributed by atoms with E-state index in [-0.39, 0.29) is 12.5 Å². The van der Waals surface area contributed by atoms with E-state index in [0.717, 1.165) is 29.4 Å². The van der Waals surface area contributed by atoms with Crippen LogP contribution in [0.5, 0.6) is 0 Å². The molecule has 0 saturated heterocycles. The average molecular weight is 259 g/mol. The van der Waals surface area contributed by atoms with Gasteiger partial charge in [-0.3, -0.25) is 9.89 Å². The van der Waals surface area contributed by atoms with Gasteiger partial charge >= 0.3 is 0 Å². The van der Waals surface area contributed by atoms with Gasteiger partial charge in [0.05, 0.1) is 24.2 Å². The Hall–Kier alpha value is -1.88. The smallest absolute Gasteiger partial charge is 0.228 e. The van der Waals surface area contributed by atoms with Gasteiger partial charge in [0.2, 0.25) is 5.91 Å². The minimum atomic E-state index is 0.0198. The summed E-state index contributed by atoms with van der Waals surface area (Å²) in [6, 6.07) is 8.09. The Morgan fingerprint density at radius 2 is 2.21 bits per heavy atom. The van der Waals surface area contributed by atoms with Gasteiger partial charge in [-0.2, -0.15) is 5.10 Å². The van der Waals surface area contributed by atoms with Gasteiger partial charge in [0.1, 0.15) is 0 Å². The Morgan fingerprint density at radius 1 is 1.42 bits per heavy atom. The number of aromatic nitrogens is 2. The maximum Gasteiger partial charge on any atom is 0.228 e.